The number of aliphatic hydroxyl groups is 1. The second-order valence-electron chi connectivity index (χ2n) is 8.03. The summed E-state index contributed by atoms with van der Waals surface area (Å²) in [6.45, 7) is 10.4. The van der Waals surface area contributed by atoms with E-state index in [-0.39, 0.29) is 6.04 Å². The molecule has 1 N–H and O–H groups in total. The summed E-state index contributed by atoms with van der Waals surface area (Å²) in [7, 11) is 0.628. The minimum atomic E-state index is -0.619. The van der Waals surface area contributed by atoms with Crippen molar-refractivity contribution in [3.8, 4) is 11.8 Å². The standard InChI is InChI=1S/C26H31N2O2P/c1-5-24(28-14-13-27-26(28)19(3)30)18(2)16-25(31-4)21-9-6-20(7-10-21)8-11-22-17-23(22)12-15-29/h6-7,9-10,13-16,19,22-24,30-31H,2,5,12,17H2,1,3-4H3/b25-16-/t19-,22?,23?,24?/m0/s1. The summed E-state index contributed by atoms with van der Waals surface area (Å²) in [4.78, 5) is 14.9. The van der Waals surface area contributed by atoms with Crippen LogP contribution in [0.1, 0.15) is 62.2 Å². The van der Waals surface area contributed by atoms with Crippen molar-refractivity contribution in [1.29, 1.82) is 0 Å². The molecule has 5 heteroatoms. The number of aliphatic hydroxyl groups excluding tert-OH is 1. The van der Waals surface area contributed by atoms with E-state index in [1.165, 1.54) is 10.9 Å². The van der Waals surface area contributed by atoms with E-state index < -0.39 is 6.10 Å². The van der Waals surface area contributed by atoms with Crippen molar-refractivity contribution in [2.45, 2.75) is 45.3 Å². The molecule has 1 aliphatic rings. The summed E-state index contributed by atoms with van der Waals surface area (Å²) in [6, 6.07) is 8.43. The Morgan fingerprint density at radius 3 is 2.77 bits per heavy atom. The summed E-state index contributed by atoms with van der Waals surface area (Å²) < 4.78 is 2.02. The third kappa shape index (κ3) is 5.82. The summed E-state index contributed by atoms with van der Waals surface area (Å²) >= 11 is 0. The van der Waals surface area contributed by atoms with Gasteiger partial charge in [-0.25, -0.2) is 4.98 Å². The highest BCUT2D eigenvalue weighted by atomic mass is 31.1. The lowest BCUT2D eigenvalue weighted by Crippen LogP contribution is -2.14. The number of hydrogen-bond donors (Lipinski definition) is 1. The van der Waals surface area contributed by atoms with Gasteiger partial charge in [0.15, 0.2) is 0 Å². The van der Waals surface area contributed by atoms with Crippen LogP contribution >= 0.6 is 8.58 Å². The molecule has 0 radical (unpaired) electrons. The molecule has 0 bridgehead atoms. The highest BCUT2D eigenvalue weighted by Crippen LogP contribution is 2.40. The highest BCUT2D eigenvalue weighted by Gasteiger charge is 2.34. The number of carbonyl (C=O) groups is 1. The van der Waals surface area contributed by atoms with Gasteiger partial charge in [-0.15, -0.1) is 0 Å². The van der Waals surface area contributed by atoms with Crippen molar-refractivity contribution < 1.29 is 9.90 Å². The van der Waals surface area contributed by atoms with Gasteiger partial charge >= 0.3 is 0 Å². The minimum Gasteiger partial charge on any atom is -0.385 e. The fourth-order valence-corrected chi connectivity index (χ4v) is 4.63. The Labute approximate surface area is 187 Å². The zero-order valence-corrected chi connectivity index (χ0v) is 19.5. The maximum Gasteiger partial charge on any atom is 0.137 e. The number of benzene rings is 1. The SMILES string of the molecule is C=C(/C=C(\PC)c1ccc(C#CC2CC2CC=O)cc1)C(CC)n1ccnc1[C@H](C)O. The predicted octanol–water partition coefficient (Wildman–Crippen LogP) is 5.37. The number of rotatable bonds is 9. The van der Waals surface area contributed by atoms with Gasteiger partial charge in [0.2, 0.25) is 0 Å². The fraction of sp³-hybridized carbons (Fsp3) is 0.385. The fourth-order valence-electron chi connectivity index (χ4n) is 3.85. The number of carbonyl (C=O) groups excluding carboxylic acids is 1. The van der Waals surface area contributed by atoms with Gasteiger partial charge in [-0.2, -0.15) is 0 Å². The molecule has 2 aromatic rings. The Kier molecular flexibility index (Phi) is 8.02. The average Bonchev–Trinajstić information content (AvgIpc) is 3.32. The van der Waals surface area contributed by atoms with Crippen LogP contribution < -0.4 is 0 Å². The zero-order valence-electron chi connectivity index (χ0n) is 18.5. The van der Waals surface area contributed by atoms with E-state index >= 15 is 0 Å². The second-order valence-corrected chi connectivity index (χ2v) is 9.07. The normalized spacial score (nSPS) is 20.2. The van der Waals surface area contributed by atoms with Gasteiger partial charge in [0.1, 0.15) is 18.2 Å². The molecule has 0 amide bonds. The largest absolute Gasteiger partial charge is 0.385 e. The third-order valence-corrected chi connectivity index (χ3v) is 6.71. The smallest absolute Gasteiger partial charge is 0.137 e. The van der Waals surface area contributed by atoms with Crippen LogP contribution in [0.5, 0.6) is 0 Å². The first kappa shape index (κ1) is 23.2. The lowest BCUT2D eigenvalue weighted by molar-refractivity contribution is -0.108. The maximum absolute atomic E-state index is 10.6. The maximum atomic E-state index is 10.6. The quantitative estimate of drug-likeness (QED) is 0.250. The van der Waals surface area contributed by atoms with E-state index in [4.69, 9.17) is 0 Å². The first-order valence-electron chi connectivity index (χ1n) is 10.8. The summed E-state index contributed by atoms with van der Waals surface area (Å²) in [5, 5.41) is 11.3. The van der Waals surface area contributed by atoms with Crippen LogP contribution in [-0.2, 0) is 4.79 Å². The minimum absolute atomic E-state index is 0.0569. The van der Waals surface area contributed by atoms with Gasteiger partial charge in [-0.1, -0.05) is 46.1 Å². The molecule has 4 unspecified atom stereocenters. The molecule has 1 aromatic carbocycles. The Bertz CT molecular complexity index is 1010. The molecule has 1 aliphatic carbocycles. The lowest BCUT2D eigenvalue weighted by Gasteiger charge is -2.22. The van der Waals surface area contributed by atoms with Crippen molar-refractivity contribution in [3.63, 3.8) is 0 Å². The molecular weight excluding hydrogens is 403 g/mol. The van der Waals surface area contributed by atoms with E-state index in [9.17, 15) is 9.90 Å². The van der Waals surface area contributed by atoms with Crippen LogP contribution in [0.2, 0.25) is 0 Å². The van der Waals surface area contributed by atoms with Gasteiger partial charge in [0.05, 0.1) is 6.04 Å². The Hall–Kier alpha value is -2.47. The molecule has 0 spiro atoms. The topological polar surface area (TPSA) is 55.1 Å². The van der Waals surface area contributed by atoms with Crippen LogP contribution in [0, 0.1) is 23.7 Å². The molecule has 4 nitrogen and oxygen atoms in total. The molecule has 1 heterocycles. The van der Waals surface area contributed by atoms with Gasteiger partial charge in [0, 0.05) is 30.3 Å². The lowest BCUT2D eigenvalue weighted by atomic mass is 10.0. The molecule has 162 valence electrons. The molecule has 31 heavy (non-hydrogen) atoms. The van der Waals surface area contributed by atoms with Crippen molar-refractivity contribution in [2.24, 2.45) is 11.8 Å². The Balaban J connectivity index is 1.74. The third-order valence-electron chi connectivity index (χ3n) is 5.74. The molecule has 3 rings (SSSR count). The second kappa shape index (κ2) is 10.7. The van der Waals surface area contributed by atoms with Gasteiger partial charge in [-0.3, -0.25) is 0 Å². The van der Waals surface area contributed by atoms with Gasteiger partial charge in [-0.05, 0) is 67.0 Å². The highest BCUT2D eigenvalue weighted by molar-refractivity contribution is 7.49. The van der Waals surface area contributed by atoms with E-state index in [2.05, 4.69) is 67.3 Å². The van der Waals surface area contributed by atoms with E-state index in [0.29, 0.717) is 32.7 Å². The van der Waals surface area contributed by atoms with Crippen LogP contribution in [0.25, 0.3) is 5.31 Å². The molecule has 1 saturated carbocycles. The van der Waals surface area contributed by atoms with Gasteiger partial charge < -0.3 is 14.5 Å². The number of aldehydes is 1. The van der Waals surface area contributed by atoms with Crippen molar-refractivity contribution >= 4 is 20.2 Å². The predicted molar refractivity (Wildman–Crippen MR) is 129 cm³/mol. The number of nitrogens with zero attached hydrogens (tertiary/aromatic N) is 2. The van der Waals surface area contributed by atoms with E-state index in [1.54, 1.807) is 13.1 Å². The molecule has 1 fully saturated rings. The van der Waals surface area contributed by atoms with Crippen molar-refractivity contribution in [1.82, 2.24) is 9.55 Å². The molecule has 1 aromatic heterocycles. The van der Waals surface area contributed by atoms with E-state index in [1.807, 2.05) is 10.8 Å². The summed E-state index contributed by atoms with van der Waals surface area (Å²) in [5.41, 5.74) is 3.18. The first-order valence-corrected chi connectivity index (χ1v) is 12.3. The van der Waals surface area contributed by atoms with Crippen LogP contribution in [0.4, 0.5) is 0 Å². The molecule has 5 atom stereocenters. The number of hydrogen-bond acceptors (Lipinski definition) is 3. The Morgan fingerprint density at radius 1 is 1.42 bits per heavy atom. The average molecular weight is 435 g/mol. The zero-order chi connectivity index (χ0) is 22.4. The van der Waals surface area contributed by atoms with E-state index in [0.717, 1.165) is 30.3 Å². The van der Waals surface area contributed by atoms with Gasteiger partial charge in [0.25, 0.3) is 0 Å². The molecule has 0 saturated heterocycles. The Morgan fingerprint density at radius 2 is 2.16 bits per heavy atom. The number of imidazole rings is 1. The number of aromatic nitrogens is 2. The summed E-state index contributed by atoms with van der Waals surface area (Å²) in [5.74, 6) is 8.04. The molecule has 0 aliphatic heterocycles. The van der Waals surface area contributed by atoms with Crippen LogP contribution in [0.3, 0.4) is 0 Å². The monoisotopic (exact) mass is 434 g/mol. The summed E-state index contributed by atoms with van der Waals surface area (Å²) in [6.07, 6.45) is 8.73. The van der Waals surface area contributed by atoms with Crippen LogP contribution in [-0.4, -0.2) is 27.6 Å². The van der Waals surface area contributed by atoms with Crippen molar-refractivity contribution in [3.05, 3.63) is 71.8 Å². The van der Waals surface area contributed by atoms with Crippen LogP contribution in [0.15, 0.2) is 54.9 Å². The number of allylic oxidation sites excluding steroid dienone is 2. The first-order chi connectivity index (χ1) is 15.0. The molecular formula is C26H31N2O2P. The van der Waals surface area contributed by atoms with Crippen molar-refractivity contribution in [2.75, 3.05) is 6.66 Å².